The molecule has 0 aromatic heterocycles. The first-order valence-corrected chi connectivity index (χ1v) is 6.47. The summed E-state index contributed by atoms with van der Waals surface area (Å²) in [5, 5.41) is 8.77. The Kier molecular flexibility index (Phi) is 6.68. The number of nitriles is 1. The Morgan fingerprint density at radius 2 is 2.12 bits per heavy atom. The van der Waals surface area contributed by atoms with Crippen LogP contribution in [0.5, 0.6) is 5.75 Å². The highest BCUT2D eigenvalue weighted by molar-refractivity contribution is 9.10. The Bertz CT molecular complexity index is 387. The van der Waals surface area contributed by atoms with Gasteiger partial charge in [0.2, 0.25) is 0 Å². The van der Waals surface area contributed by atoms with Gasteiger partial charge in [0, 0.05) is 11.1 Å². The van der Waals surface area contributed by atoms with Crippen LogP contribution in [0.3, 0.4) is 0 Å². The van der Waals surface area contributed by atoms with Crippen molar-refractivity contribution in [3.8, 4) is 11.8 Å². The van der Waals surface area contributed by atoms with Gasteiger partial charge in [-0.3, -0.25) is 0 Å². The summed E-state index contributed by atoms with van der Waals surface area (Å²) in [4.78, 5) is 0. The van der Waals surface area contributed by atoms with E-state index < -0.39 is 0 Å². The molecule has 0 radical (unpaired) electrons. The molecule has 0 saturated carbocycles. The SMILES string of the molecule is CCCCOCCOc1ccc(C#N)c(Br)c1. The lowest BCUT2D eigenvalue weighted by molar-refractivity contribution is 0.0980. The quantitative estimate of drug-likeness (QED) is 0.723. The van der Waals surface area contributed by atoms with Crippen LogP contribution >= 0.6 is 15.9 Å². The van der Waals surface area contributed by atoms with E-state index in [-0.39, 0.29) is 0 Å². The van der Waals surface area contributed by atoms with Gasteiger partial charge in [0.25, 0.3) is 0 Å². The molecular formula is C13H16BrNO2. The molecule has 0 bridgehead atoms. The minimum atomic E-state index is 0.530. The number of unbranched alkanes of at least 4 members (excludes halogenated alkanes) is 1. The largest absolute Gasteiger partial charge is 0.491 e. The number of ether oxygens (including phenoxy) is 2. The molecule has 0 heterocycles. The van der Waals surface area contributed by atoms with Crippen LogP contribution in [0.15, 0.2) is 22.7 Å². The van der Waals surface area contributed by atoms with Gasteiger partial charge in [-0.25, -0.2) is 0 Å². The Morgan fingerprint density at radius 3 is 2.76 bits per heavy atom. The van der Waals surface area contributed by atoms with Crippen molar-refractivity contribution in [1.82, 2.24) is 0 Å². The zero-order valence-electron chi connectivity index (χ0n) is 9.91. The molecule has 0 aliphatic heterocycles. The highest BCUT2D eigenvalue weighted by Gasteiger charge is 2.01. The van der Waals surface area contributed by atoms with Crippen molar-refractivity contribution in [2.24, 2.45) is 0 Å². The van der Waals surface area contributed by atoms with Crippen LogP contribution in [0.2, 0.25) is 0 Å². The average Bonchev–Trinajstić information content (AvgIpc) is 2.34. The Balaban J connectivity index is 2.28. The molecule has 4 heteroatoms. The van der Waals surface area contributed by atoms with E-state index in [1.54, 1.807) is 18.2 Å². The first-order chi connectivity index (χ1) is 8.27. The number of benzene rings is 1. The Morgan fingerprint density at radius 1 is 1.29 bits per heavy atom. The van der Waals surface area contributed by atoms with E-state index >= 15 is 0 Å². The molecular weight excluding hydrogens is 282 g/mol. The van der Waals surface area contributed by atoms with Gasteiger partial charge in [0.1, 0.15) is 18.4 Å². The second-order valence-corrected chi connectivity index (χ2v) is 4.42. The van der Waals surface area contributed by atoms with Crippen LogP contribution < -0.4 is 4.74 Å². The third-order valence-electron chi connectivity index (χ3n) is 2.20. The highest BCUT2D eigenvalue weighted by Crippen LogP contribution is 2.22. The van der Waals surface area contributed by atoms with E-state index in [2.05, 4.69) is 28.9 Å². The number of nitrogens with zero attached hydrogens (tertiary/aromatic N) is 1. The van der Waals surface area contributed by atoms with Crippen molar-refractivity contribution in [2.75, 3.05) is 19.8 Å². The van der Waals surface area contributed by atoms with Crippen molar-refractivity contribution in [3.05, 3.63) is 28.2 Å². The molecule has 0 N–H and O–H groups in total. The monoisotopic (exact) mass is 297 g/mol. The zero-order valence-corrected chi connectivity index (χ0v) is 11.5. The molecule has 0 amide bonds. The molecule has 1 aromatic rings. The van der Waals surface area contributed by atoms with Crippen molar-refractivity contribution < 1.29 is 9.47 Å². The topological polar surface area (TPSA) is 42.2 Å². The van der Waals surface area contributed by atoms with E-state index in [1.165, 1.54) is 0 Å². The molecule has 0 fully saturated rings. The molecule has 92 valence electrons. The lowest BCUT2D eigenvalue weighted by atomic mass is 10.2. The zero-order chi connectivity index (χ0) is 12.5. The van der Waals surface area contributed by atoms with E-state index in [1.807, 2.05) is 0 Å². The highest BCUT2D eigenvalue weighted by atomic mass is 79.9. The summed E-state index contributed by atoms with van der Waals surface area (Å²) in [6.07, 6.45) is 2.23. The van der Waals surface area contributed by atoms with Crippen molar-refractivity contribution in [3.63, 3.8) is 0 Å². The number of hydrogen-bond donors (Lipinski definition) is 0. The molecule has 0 atom stereocenters. The maximum Gasteiger partial charge on any atom is 0.120 e. The maximum absolute atomic E-state index is 8.77. The van der Waals surface area contributed by atoms with Gasteiger partial charge >= 0.3 is 0 Å². The fourth-order valence-corrected chi connectivity index (χ4v) is 1.69. The molecule has 0 spiro atoms. The minimum absolute atomic E-state index is 0.530. The molecule has 17 heavy (non-hydrogen) atoms. The van der Waals surface area contributed by atoms with Gasteiger partial charge in [-0.1, -0.05) is 13.3 Å². The van der Waals surface area contributed by atoms with Crippen molar-refractivity contribution in [2.45, 2.75) is 19.8 Å². The van der Waals surface area contributed by atoms with E-state index in [0.717, 1.165) is 29.7 Å². The molecule has 0 aliphatic rings. The van der Waals surface area contributed by atoms with Crippen LogP contribution in [0.4, 0.5) is 0 Å². The van der Waals surface area contributed by atoms with Gasteiger partial charge in [-0.05, 0) is 40.5 Å². The summed E-state index contributed by atoms with van der Waals surface area (Å²) >= 11 is 3.32. The van der Waals surface area contributed by atoms with E-state index in [9.17, 15) is 0 Å². The summed E-state index contributed by atoms with van der Waals surface area (Å²) in [7, 11) is 0. The van der Waals surface area contributed by atoms with Crippen LogP contribution in [-0.4, -0.2) is 19.8 Å². The lowest BCUT2D eigenvalue weighted by Crippen LogP contribution is -2.07. The van der Waals surface area contributed by atoms with Crippen LogP contribution in [0, 0.1) is 11.3 Å². The molecule has 1 rings (SSSR count). The summed E-state index contributed by atoms with van der Waals surface area (Å²) in [6.45, 7) is 4.05. The summed E-state index contributed by atoms with van der Waals surface area (Å²) in [5.41, 5.74) is 0.608. The summed E-state index contributed by atoms with van der Waals surface area (Å²) in [5.74, 6) is 0.745. The second kappa shape index (κ2) is 8.10. The van der Waals surface area contributed by atoms with Crippen LogP contribution in [0.1, 0.15) is 25.3 Å². The van der Waals surface area contributed by atoms with Gasteiger partial charge < -0.3 is 9.47 Å². The molecule has 0 aliphatic carbocycles. The van der Waals surface area contributed by atoms with Crippen LogP contribution in [0.25, 0.3) is 0 Å². The maximum atomic E-state index is 8.77. The first-order valence-electron chi connectivity index (χ1n) is 5.68. The van der Waals surface area contributed by atoms with Gasteiger partial charge in [0.15, 0.2) is 0 Å². The molecule has 0 unspecified atom stereocenters. The number of halogens is 1. The smallest absolute Gasteiger partial charge is 0.120 e. The Labute approximate surface area is 110 Å². The standard InChI is InChI=1S/C13H16BrNO2/c1-2-3-6-16-7-8-17-12-5-4-11(10-15)13(14)9-12/h4-5,9H,2-3,6-8H2,1H3. The first kappa shape index (κ1) is 14.0. The van der Waals surface area contributed by atoms with E-state index in [0.29, 0.717) is 18.8 Å². The van der Waals surface area contributed by atoms with Gasteiger partial charge in [0.05, 0.1) is 12.2 Å². The van der Waals surface area contributed by atoms with Crippen molar-refractivity contribution >= 4 is 15.9 Å². The van der Waals surface area contributed by atoms with Gasteiger partial charge in [-0.15, -0.1) is 0 Å². The van der Waals surface area contributed by atoms with E-state index in [4.69, 9.17) is 14.7 Å². The second-order valence-electron chi connectivity index (χ2n) is 3.57. The summed E-state index contributed by atoms with van der Waals surface area (Å²) in [6, 6.07) is 7.40. The molecule has 1 aromatic carbocycles. The average molecular weight is 298 g/mol. The third kappa shape index (κ3) is 5.20. The summed E-state index contributed by atoms with van der Waals surface area (Å²) < 4.78 is 11.6. The number of rotatable bonds is 7. The predicted octanol–water partition coefficient (Wildman–Crippen LogP) is 3.52. The molecule has 3 nitrogen and oxygen atoms in total. The fraction of sp³-hybridized carbons (Fsp3) is 0.462. The normalized spacial score (nSPS) is 9.94. The molecule has 0 saturated heterocycles. The van der Waals surface area contributed by atoms with Crippen LogP contribution in [-0.2, 0) is 4.74 Å². The fourth-order valence-electron chi connectivity index (χ4n) is 1.24. The predicted molar refractivity (Wildman–Crippen MR) is 70.1 cm³/mol. The minimum Gasteiger partial charge on any atom is -0.491 e. The van der Waals surface area contributed by atoms with Gasteiger partial charge in [-0.2, -0.15) is 5.26 Å². The number of hydrogen-bond acceptors (Lipinski definition) is 3. The lowest BCUT2D eigenvalue weighted by Gasteiger charge is -2.07. The third-order valence-corrected chi connectivity index (χ3v) is 2.86. The van der Waals surface area contributed by atoms with Crippen molar-refractivity contribution in [1.29, 1.82) is 5.26 Å². The Hall–Kier alpha value is -1.05.